The number of nitrogens with one attached hydrogen (secondary N) is 1. The highest BCUT2D eigenvalue weighted by atomic mass is 32.2. The lowest BCUT2D eigenvalue weighted by molar-refractivity contribution is 0.602. The maximum atomic E-state index is 10.9. The minimum atomic E-state index is -2.89. The standard InChI is InChI=1S/C11H18N2O2S/c1-13(2)11-6-4-5-10(9-11)12-7-8-16(3,14)15/h4-6,9,12H,7-8H2,1-3H3. The van der Waals surface area contributed by atoms with Crippen molar-refractivity contribution in [2.45, 2.75) is 0 Å². The highest BCUT2D eigenvalue weighted by Gasteiger charge is 2.02. The first-order valence-electron chi connectivity index (χ1n) is 5.07. The van der Waals surface area contributed by atoms with Gasteiger partial charge in [0, 0.05) is 38.3 Å². The van der Waals surface area contributed by atoms with Crippen LogP contribution in [0.15, 0.2) is 24.3 Å². The summed E-state index contributed by atoms with van der Waals surface area (Å²) in [6.07, 6.45) is 1.24. The van der Waals surface area contributed by atoms with Crippen LogP contribution in [-0.4, -0.2) is 41.1 Å². The fourth-order valence-corrected chi connectivity index (χ4v) is 1.75. The van der Waals surface area contributed by atoms with E-state index in [0.29, 0.717) is 6.54 Å². The predicted octanol–water partition coefficient (Wildman–Crippen LogP) is 1.21. The largest absolute Gasteiger partial charge is 0.384 e. The zero-order valence-corrected chi connectivity index (χ0v) is 10.7. The predicted molar refractivity (Wildman–Crippen MR) is 69.0 cm³/mol. The first-order chi connectivity index (χ1) is 7.38. The summed E-state index contributed by atoms with van der Waals surface area (Å²) >= 11 is 0. The van der Waals surface area contributed by atoms with Gasteiger partial charge in [-0.15, -0.1) is 0 Å². The van der Waals surface area contributed by atoms with Crippen molar-refractivity contribution in [3.8, 4) is 0 Å². The Bertz CT molecular complexity index is 441. The summed E-state index contributed by atoms with van der Waals surface area (Å²) in [6, 6.07) is 7.86. The van der Waals surface area contributed by atoms with Crippen molar-refractivity contribution < 1.29 is 8.42 Å². The molecular formula is C11H18N2O2S. The number of hydrogen-bond acceptors (Lipinski definition) is 4. The van der Waals surface area contributed by atoms with Gasteiger partial charge < -0.3 is 10.2 Å². The Balaban J connectivity index is 2.58. The molecule has 90 valence electrons. The van der Waals surface area contributed by atoms with Gasteiger partial charge in [-0.2, -0.15) is 0 Å². The van der Waals surface area contributed by atoms with Gasteiger partial charge in [0.1, 0.15) is 9.84 Å². The van der Waals surface area contributed by atoms with Gasteiger partial charge in [0.05, 0.1) is 5.75 Å². The first-order valence-corrected chi connectivity index (χ1v) is 7.13. The third-order valence-corrected chi connectivity index (χ3v) is 3.11. The molecule has 1 rings (SSSR count). The van der Waals surface area contributed by atoms with E-state index in [1.165, 1.54) is 6.26 Å². The zero-order chi connectivity index (χ0) is 12.2. The Morgan fingerprint density at radius 1 is 1.31 bits per heavy atom. The van der Waals surface area contributed by atoms with E-state index in [4.69, 9.17) is 0 Å². The molecule has 1 aromatic rings. The van der Waals surface area contributed by atoms with E-state index in [-0.39, 0.29) is 5.75 Å². The molecule has 0 aliphatic carbocycles. The third-order valence-electron chi connectivity index (χ3n) is 2.16. The fourth-order valence-electron chi connectivity index (χ4n) is 1.27. The van der Waals surface area contributed by atoms with Crippen LogP contribution >= 0.6 is 0 Å². The van der Waals surface area contributed by atoms with Crippen LogP contribution in [0.25, 0.3) is 0 Å². The molecule has 16 heavy (non-hydrogen) atoms. The summed E-state index contributed by atoms with van der Waals surface area (Å²) in [5, 5.41) is 3.09. The molecule has 0 saturated heterocycles. The van der Waals surface area contributed by atoms with Gasteiger partial charge in [-0.25, -0.2) is 8.42 Å². The Morgan fingerprint density at radius 2 is 2.00 bits per heavy atom. The minimum Gasteiger partial charge on any atom is -0.384 e. The second kappa shape index (κ2) is 5.21. The normalized spacial score (nSPS) is 11.2. The van der Waals surface area contributed by atoms with Gasteiger partial charge in [0.15, 0.2) is 0 Å². The molecule has 4 nitrogen and oxygen atoms in total. The van der Waals surface area contributed by atoms with Crippen LogP contribution in [0.1, 0.15) is 0 Å². The van der Waals surface area contributed by atoms with Crippen molar-refractivity contribution in [3.63, 3.8) is 0 Å². The maximum absolute atomic E-state index is 10.9. The van der Waals surface area contributed by atoms with Crippen molar-refractivity contribution in [3.05, 3.63) is 24.3 Å². The van der Waals surface area contributed by atoms with Gasteiger partial charge in [0.25, 0.3) is 0 Å². The van der Waals surface area contributed by atoms with Crippen molar-refractivity contribution in [2.75, 3.05) is 42.9 Å². The molecule has 0 aliphatic rings. The van der Waals surface area contributed by atoms with Crippen LogP contribution in [0, 0.1) is 0 Å². The van der Waals surface area contributed by atoms with E-state index in [0.717, 1.165) is 11.4 Å². The highest BCUT2D eigenvalue weighted by molar-refractivity contribution is 7.90. The van der Waals surface area contributed by atoms with Gasteiger partial charge in [-0.3, -0.25) is 0 Å². The fraction of sp³-hybridized carbons (Fsp3) is 0.455. The molecule has 0 aromatic heterocycles. The molecule has 0 saturated carbocycles. The average molecular weight is 242 g/mol. The molecule has 0 spiro atoms. The number of anilines is 2. The number of hydrogen-bond donors (Lipinski definition) is 1. The molecule has 0 atom stereocenters. The van der Waals surface area contributed by atoms with E-state index in [1.807, 2.05) is 43.3 Å². The van der Waals surface area contributed by atoms with Crippen LogP contribution in [0.5, 0.6) is 0 Å². The first kappa shape index (κ1) is 12.8. The van der Waals surface area contributed by atoms with Crippen LogP contribution < -0.4 is 10.2 Å². The Morgan fingerprint density at radius 3 is 2.56 bits per heavy atom. The van der Waals surface area contributed by atoms with Crippen molar-refractivity contribution in [2.24, 2.45) is 0 Å². The lowest BCUT2D eigenvalue weighted by atomic mass is 10.2. The SMILES string of the molecule is CN(C)c1cccc(NCCS(C)(=O)=O)c1. The van der Waals surface area contributed by atoms with Crippen molar-refractivity contribution in [1.82, 2.24) is 0 Å². The topological polar surface area (TPSA) is 49.4 Å². The van der Waals surface area contributed by atoms with E-state index in [2.05, 4.69) is 5.32 Å². The highest BCUT2D eigenvalue weighted by Crippen LogP contribution is 2.16. The average Bonchev–Trinajstić information content (AvgIpc) is 2.16. The van der Waals surface area contributed by atoms with Crippen LogP contribution in [-0.2, 0) is 9.84 Å². The summed E-state index contributed by atoms with van der Waals surface area (Å²) in [7, 11) is 1.04. The third kappa shape index (κ3) is 4.53. The molecule has 0 radical (unpaired) electrons. The van der Waals surface area contributed by atoms with E-state index >= 15 is 0 Å². The smallest absolute Gasteiger partial charge is 0.149 e. The number of sulfone groups is 1. The number of nitrogens with zero attached hydrogens (tertiary/aromatic N) is 1. The van der Waals surface area contributed by atoms with E-state index < -0.39 is 9.84 Å². The molecule has 0 aliphatic heterocycles. The van der Waals surface area contributed by atoms with Gasteiger partial charge in [0.2, 0.25) is 0 Å². The lowest BCUT2D eigenvalue weighted by Crippen LogP contribution is -2.14. The number of benzene rings is 1. The molecular weight excluding hydrogens is 224 g/mol. The van der Waals surface area contributed by atoms with Crippen molar-refractivity contribution in [1.29, 1.82) is 0 Å². The summed E-state index contributed by atoms with van der Waals surface area (Å²) in [5.74, 6) is 0.152. The minimum absolute atomic E-state index is 0.152. The van der Waals surface area contributed by atoms with Gasteiger partial charge in [-0.1, -0.05) is 6.07 Å². The van der Waals surface area contributed by atoms with Crippen LogP contribution in [0.3, 0.4) is 0 Å². The monoisotopic (exact) mass is 242 g/mol. The number of rotatable bonds is 5. The van der Waals surface area contributed by atoms with Crippen LogP contribution in [0.2, 0.25) is 0 Å². The second-order valence-electron chi connectivity index (χ2n) is 4.00. The maximum Gasteiger partial charge on any atom is 0.149 e. The van der Waals surface area contributed by atoms with E-state index in [1.54, 1.807) is 0 Å². The molecule has 1 N–H and O–H groups in total. The molecule has 1 aromatic carbocycles. The molecule has 5 heteroatoms. The quantitative estimate of drug-likeness (QED) is 0.843. The molecule has 0 bridgehead atoms. The summed E-state index contributed by atoms with van der Waals surface area (Å²) < 4.78 is 21.9. The molecule has 0 heterocycles. The molecule has 0 fully saturated rings. The summed E-state index contributed by atoms with van der Waals surface area (Å²) in [6.45, 7) is 0.440. The van der Waals surface area contributed by atoms with E-state index in [9.17, 15) is 8.42 Å². The second-order valence-corrected chi connectivity index (χ2v) is 6.26. The molecule has 0 amide bonds. The Labute approximate surface area is 97.2 Å². The van der Waals surface area contributed by atoms with Gasteiger partial charge >= 0.3 is 0 Å². The Kier molecular flexibility index (Phi) is 4.18. The van der Waals surface area contributed by atoms with Gasteiger partial charge in [-0.05, 0) is 18.2 Å². The summed E-state index contributed by atoms with van der Waals surface area (Å²) in [4.78, 5) is 2.00. The zero-order valence-electron chi connectivity index (χ0n) is 9.90. The van der Waals surface area contributed by atoms with Crippen molar-refractivity contribution >= 4 is 21.2 Å². The Hall–Kier alpha value is -1.23. The lowest BCUT2D eigenvalue weighted by Gasteiger charge is -2.14. The molecule has 0 unspecified atom stereocenters. The summed E-state index contributed by atoms with van der Waals surface area (Å²) in [5.41, 5.74) is 2.03. The van der Waals surface area contributed by atoms with Crippen LogP contribution in [0.4, 0.5) is 11.4 Å².